The minimum Gasteiger partial charge on any atom is -0.392 e. The summed E-state index contributed by atoms with van der Waals surface area (Å²) in [5.74, 6) is 0.725. The van der Waals surface area contributed by atoms with Gasteiger partial charge in [0.2, 0.25) is 0 Å². The van der Waals surface area contributed by atoms with Gasteiger partial charge in [0.05, 0.1) is 6.61 Å². The lowest BCUT2D eigenvalue weighted by Gasteiger charge is -1.97. The highest BCUT2D eigenvalue weighted by Crippen LogP contribution is 2.25. The zero-order valence-electron chi connectivity index (χ0n) is 10.3. The lowest BCUT2D eigenvalue weighted by molar-refractivity contribution is 0.282. The Bertz CT molecular complexity index is 657. The van der Waals surface area contributed by atoms with Gasteiger partial charge in [-0.3, -0.25) is 0 Å². The Kier molecular flexibility index (Phi) is 3.12. The van der Waals surface area contributed by atoms with Crippen molar-refractivity contribution in [1.82, 2.24) is 5.16 Å². The van der Waals surface area contributed by atoms with E-state index in [-0.39, 0.29) is 6.61 Å². The lowest BCUT2D eigenvalue weighted by Crippen LogP contribution is -1.81. The quantitative estimate of drug-likeness (QED) is 0.775. The molecule has 3 aromatic rings. The van der Waals surface area contributed by atoms with E-state index in [9.17, 15) is 0 Å². The molecule has 0 radical (unpaired) electrons. The monoisotopic (exact) mass is 251 g/mol. The molecule has 0 spiro atoms. The van der Waals surface area contributed by atoms with Gasteiger partial charge in [0.1, 0.15) is 5.69 Å². The molecule has 0 fully saturated rings. The second-order valence-corrected chi connectivity index (χ2v) is 4.30. The van der Waals surface area contributed by atoms with E-state index in [1.807, 2.05) is 60.7 Å². The Balaban J connectivity index is 1.92. The molecule has 0 atom stereocenters. The van der Waals surface area contributed by atoms with E-state index < -0.39 is 0 Å². The molecular weight excluding hydrogens is 238 g/mol. The van der Waals surface area contributed by atoms with Crippen LogP contribution >= 0.6 is 0 Å². The summed E-state index contributed by atoms with van der Waals surface area (Å²) >= 11 is 0. The summed E-state index contributed by atoms with van der Waals surface area (Å²) in [4.78, 5) is 0. The summed E-state index contributed by atoms with van der Waals surface area (Å²) in [5.41, 5.74) is 3.68. The fourth-order valence-corrected chi connectivity index (χ4v) is 1.93. The van der Waals surface area contributed by atoms with Crippen LogP contribution in [-0.2, 0) is 6.61 Å². The number of benzene rings is 2. The van der Waals surface area contributed by atoms with Crippen LogP contribution in [0.4, 0.5) is 0 Å². The van der Waals surface area contributed by atoms with Gasteiger partial charge >= 0.3 is 0 Å². The highest BCUT2D eigenvalue weighted by molar-refractivity contribution is 5.66. The summed E-state index contributed by atoms with van der Waals surface area (Å²) in [6.07, 6.45) is 0. The van der Waals surface area contributed by atoms with E-state index >= 15 is 0 Å². The standard InChI is InChI=1S/C16H13NO2/c18-11-12-6-8-14(9-7-12)16-10-15(17-19-16)13-4-2-1-3-5-13/h1-10,18H,11H2. The molecule has 2 aromatic carbocycles. The number of aromatic nitrogens is 1. The van der Waals surface area contributed by atoms with E-state index in [0.717, 1.165) is 28.1 Å². The van der Waals surface area contributed by atoms with Gasteiger partial charge < -0.3 is 9.63 Å². The highest BCUT2D eigenvalue weighted by atomic mass is 16.5. The molecule has 3 nitrogen and oxygen atoms in total. The molecule has 0 amide bonds. The first-order valence-corrected chi connectivity index (χ1v) is 6.09. The third kappa shape index (κ3) is 2.41. The molecule has 0 aliphatic rings. The van der Waals surface area contributed by atoms with E-state index in [1.165, 1.54) is 0 Å². The third-order valence-electron chi connectivity index (χ3n) is 3.00. The van der Waals surface area contributed by atoms with E-state index in [4.69, 9.17) is 9.63 Å². The predicted octanol–water partition coefficient (Wildman–Crippen LogP) is 3.50. The number of hydrogen-bond donors (Lipinski definition) is 1. The van der Waals surface area contributed by atoms with Crippen LogP contribution in [-0.4, -0.2) is 10.3 Å². The normalized spacial score (nSPS) is 10.6. The Morgan fingerprint density at radius 1 is 0.895 bits per heavy atom. The summed E-state index contributed by atoms with van der Waals surface area (Å²) < 4.78 is 5.37. The van der Waals surface area contributed by atoms with Crippen LogP contribution in [0.3, 0.4) is 0 Å². The maximum atomic E-state index is 9.02. The molecule has 0 saturated heterocycles. The van der Waals surface area contributed by atoms with Crippen molar-refractivity contribution in [2.45, 2.75) is 6.61 Å². The molecule has 1 N–H and O–H groups in total. The van der Waals surface area contributed by atoms with Crippen molar-refractivity contribution in [1.29, 1.82) is 0 Å². The number of nitrogens with zero attached hydrogens (tertiary/aromatic N) is 1. The number of aliphatic hydroxyl groups excluding tert-OH is 1. The maximum Gasteiger partial charge on any atom is 0.167 e. The number of aliphatic hydroxyl groups is 1. The van der Waals surface area contributed by atoms with Crippen molar-refractivity contribution >= 4 is 0 Å². The van der Waals surface area contributed by atoms with Crippen LogP contribution in [0.5, 0.6) is 0 Å². The molecule has 1 heterocycles. The van der Waals surface area contributed by atoms with E-state index in [2.05, 4.69) is 5.16 Å². The smallest absolute Gasteiger partial charge is 0.167 e. The molecule has 1 aromatic heterocycles. The zero-order valence-corrected chi connectivity index (χ0v) is 10.3. The fraction of sp³-hybridized carbons (Fsp3) is 0.0625. The first-order valence-electron chi connectivity index (χ1n) is 6.09. The molecule has 94 valence electrons. The summed E-state index contributed by atoms with van der Waals surface area (Å²) in [6.45, 7) is 0.0476. The van der Waals surface area contributed by atoms with Crippen molar-refractivity contribution in [2.24, 2.45) is 0 Å². The predicted molar refractivity (Wildman–Crippen MR) is 73.3 cm³/mol. The number of hydrogen-bond acceptors (Lipinski definition) is 3. The lowest BCUT2D eigenvalue weighted by atomic mass is 10.1. The van der Waals surface area contributed by atoms with Crippen LogP contribution in [0.25, 0.3) is 22.6 Å². The van der Waals surface area contributed by atoms with Crippen molar-refractivity contribution in [3.05, 3.63) is 66.2 Å². The maximum absolute atomic E-state index is 9.02. The average Bonchev–Trinajstić information content (AvgIpc) is 2.98. The molecule has 0 aliphatic heterocycles. The molecular formula is C16H13NO2. The van der Waals surface area contributed by atoms with Crippen LogP contribution in [0.2, 0.25) is 0 Å². The fourth-order valence-electron chi connectivity index (χ4n) is 1.93. The minimum absolute atomic E-state index is 0.0476. The van der Waals surface area contributed by atoms with Gasteiger partial charge in [-0.25, -0.2) is 0 Å². The molecule has 3 rings (SSSR count). The SMILES string of the molecule is OCc1ccc(-c2cc(-c3ccccc3)no2)cc1. The Labute approximate surface area is 111 Å². The van der Waals surface area contributed by atoms with Crippen LogP contribution < -0.4 is 0 Å². The average molecular weight is 251 g/mol. The molecule has 0 unspecified atom stereocenters. The topological polar surface area (TPSA) is 46.3 Å². The second-order valence-electron chi connectivity index (χ2n) is 4.30. The van der Waals surface area contributed by atoms with Crippen molar-refractivity contribution in [3.63, 3.8) is 0 Å². The Hall–Kier alpha value is -2.39. The van der Waals surface area contributed by atoms with Crippen molar-refractivity contribution in [3.8, 4) is 22.6 Å². The number of rotatable bonds is 3. The first-order chi connectivity index (χ1) is 9.36. The first kappa shape index (κ1) is 11.7. The summed E-state index contributed by atoms with van der Waals surface area (Å²) in [5, 5.41) is 13.1. The molecule has 0 bridgehead atoms. The summed E-state index contributed by atoms with van der Waals surface area (Å²) in [6, 6.07) is 19.4. The van der Waals surface area contributed by atoms with Gasteiger partial charge in [-0.15, -0.1) is 0 Å². The van der Waals surface area contributed by atoms with Crippen LogP contribution in [0.1, 0.15) is 5.56 Å². The summed E-state index contributed by atoms with van der Waals surface area (Å²) in [7, 11) is 0. The molecule has 19 heavy (non-hydrogen) atoms. The van der Waals surface area contributed by atoms with Gasteiger partial charge in [-0.1, -0.05) is 59.8 Å². The molecule has 3 heteroatoms. The largest absolute Gasteiger partial charge is 0.392 e. The van der Waals surface area contributed by atoms with Crippen LogP contribution in [0.15, 0.2) is 65.2 Å². The molecule has 0 saturated carbocycles. The highest BCUT2D eigenvalue weighted by Gasteiger charge is 2.08. The van der Waals surface area contributed by atoms with Gasteiger partial charge in [-0.05, 0) is 5.56 Å². The molecule has 0 aliphatic carbocycles. The Morgan fingerprint density at radius 3 is 2.32 bits per heavy atom. The van der Waals surface area contributed by atoms with Gasteiger partial charge in [-0.2, -0.15) is 0 Å². The van der Waals surface area contributed by atoms with Gasteiger partial charge in [0, 0.05) is 17.2 Å². The second kappa shape index (κ2) is 5.08. The minimum atomic E-state index is 0.0476. The van der Waals surface area contributed by atoms with Gasteiger partial charge in [0.25, 0.3) is 0 Å². The van der Waals surface area contributed by atoms with Gasteiger partial charge in [0.15, 0.2) is 5.76 Å². The van der Waals surface area contributed by atoms with Crippen LogP contribution in [0, 0.1) is 0 Å². The van der Waals surface area contributed by atoms with Crippen molar-refractivity contribution in [2.75, 3.05) is 0 Å². The Morgan fingerprint density at radius 2 is 1.63 bits per heavy atom. The zero-order chi connectivity index (χ0) is 13.1. The van der Waals surface area contributed by atoms with E-state index in [1.54, 1.807) is 0 Å². The third-order valence-corrected chi connectivity index (χ3v) is 3.00. The van der Waals surface area contributed by atoms with Crippen molar-refractivity contribution < 1.29 is 9.63 Å². The van der Waals surface area contributed by atoms with E-state index in [0.29, 0.717) is 0 Å².